The maximum absolute atomic E-state index is 11.6. The minimum atomic E-state index is -1.19. The van der Waals surface area contributed by atoms with Gasteiger partial charge in [0.15, 0.2) is 0 Å². The molecule has 0 radical (unpaired) electrons. The van der Waals surface area contributed by atoms with E-state index >= 15 is 0 Å². The van der Waals surface area contributed by atoms with Crippen LogP contribution in [0.2, 0.25) is 0 Å². The van der Waals surface area contributed by atoms with E-state index < -0.39 is 11.9 Å². The van der Waals surface area contributed by atoms with Crippen LogP contribution in [0.4, 0.5) is 5.69 Å². The van der Waals surface area contributed by atoms with Crippen LogP contribution in [0.3, 0.4) is 0 Å². The fourth-order valence-electron chi connectivity index (χ4n) is 1.23. The van der Waals surface area contributed by atoms with Crippen LogP contribution in [0, 0.1) is 11.3 Å². The highest BCUT2D eigenvalue weighted by molar-refractivity contribution is 6.04. The molecule has 0 saturated heterocycles. The maximum Gasteiger partial charge on any atom is 0.328 e. The lowest BCUT2D eigenvalue weighted by atomic mass is 10.2. The van der Waals surface area contributed by atoms with Gasteiger partial charge in [-0.3, -0.25) is 4.79 Å². The molecule has 5 nitrogen and oxygen atoms in total. The number of carbonyl (C=O) groups excluding carboxylic acids is 1. The molecule has 0 aliphatic heterocycles. The second kappa shape index (κ2) is 5.47. The Hall–Kier alpha value is -2.61. The van der Waals surface area contributed by atoms with E-state index in [9.17, 15) is 9.59 Å². The molecule has 1 rings (SSSR count). The number of aliphatic carboxylic acids is 1. The Kier molecular flexibility index (Phi) is 4.01. The van der Waals surface area contributed by atoms with Gasteiger partial charge in [0.05, 0.1) is 11.3 Å². The fraction of sp³-hybridized carbons (Fsp3) is 0.0833. The zero-order valence-electron chi connectivity index (χ0n) is 9.12. The van der Waals surface area contributed by atoms with Crippen LogP contribution in [0.25, 0.3) is 0 Å². The summed E-state index contributed by atoms with van der Waals surface area (Å²) in [6.07, 6.45) is 1.70. The van der Waals surface area contributed by atoms with Gasteiger partial charge in [0.25, 0.3) is 5.91 Å². The SMILES string of the molecule is CN(C(=O)C=CC(=O)O)c1ccccc1C#N. The molecule has 0 aliphatic carbocycles. The Bertz CT molecular complexity index is 515. The molecule has 1 amide bonds. The summed E-state index contributed by atoms with van der Waals surface area (Å²) in [5.74, 6) is -1.70. The van der Waals surface area contributed by atoms with Gasteiger partial charge in [-0.05, 0) is 12.1 Å². The Labute approximate surface area is 98.2 Å². The smallest absolute Gasteiger partial charge is 0.328 e. The van der Waals surface area contributed by atoms with Gasteiger partial charge in [0.1, 0.15) is 6.07 Å². The molecule has 1 N–H and O–H groups in total. The predicted molar refractivity (Wildman–Crippen MR) is 61.3 cm³/mol. The maximum atomic E-state index is 11.6. The molecule has 0 fully saturated rings. The Morgan fingerprint density at radius 3 is 2.59 bits per heavy atom. The van der Waals surface area contributed by atoms with E-state index in [1.807, 2.05) is 6.07 Å². The molecule has 0 aliphatic rings. The molecule has 0 saturated carbocycles. The van der Waals surface area contributed by atoms with Crippen molar-refractivity contribution in [3.8, 4) is 6.07 Å². The number of hydrogen-bond acceptors (Lipinski definition) is 3. The normalized spacial score (nSPS) is 9.88. The van der Waals surface area contributed by atoms with E-state index in [0.717, 1.165) is 12.2 Å². The van der Waals surface area contributed by atoms with Gasteiger partial charge < -0.3 is 10.0 Å². The van der Waals surface area contributed by atoms with Crippen LogP contribution in [-0.4, -0.2) is 24.0 Å². The number of nitrogens with zero attached hydrogens (tertiary/aromatic N) is 2. The fourth-order valence-corrected chi connectivity index (χ4v) is 1.23. The molecule has 0 atom stereocenters. The van der Waals surface area contributed by atoms with Gasteiger partial charge in [-0.1, -0.05) is 12.1 Å². The van der Waals surface area contributed by atoms with E-state index in [0.29, 0.717) is 11.3 Å². The van der Waals surface area contributed by atoms with Crippen molar-refractivity contribution < 1.29 is 14.7 Å². The Balaban J connectivity index is 2.97. The summed E-state index contributed by atoms with van der Waals surface area (Å²) in [4.78, 5) is 23.1. The number of nitriles is 1. The quantitative estimate of drug-likeness (QED) is 0.790. The van der Waals surface area contributed by atoms with E-state index in [2.05, 4.69) is 0 Å². The summed E-state index contributed by atoms with van der Waals surface area (Å²) < 4.78 is 0. The third-order valence-corrected chi connectivity index (χ3v) is 2.08. The number of rotatable bonds is 3. The van der Waals surface area contributed by atoms with E-state index in [1.54, 1.807) is 24.3 Å². The zero-order chi connectivity index (χ0) is 12.8. The standard InChI is InChI=1S/C12H10N2O3/c1-14(11(15)6-7-12(16)17)10-5-3-2-4-9(10)8-13/h2-7H,1H3,(H,16,17). The van der Waals surface area contributed by atoms with E-state index in [-0.39, 0.29) is 0 Å². The number of carboxylic acid groups (broad SMARTS) is 1. The first kappa shape index (κ1) is 12.5. The number of carboxylic acids is 1. The molecule has 86 valence electrons. The van der Waals surface area contributed by atoms with Crippen molar-refractivity contribution in [2.45, 2.75) is 0 Å². The van der Waals surface area contributed by atoms with Crippen LogP contribution in [0.15, 0.2) is 36.4 Å². The summed E-state index contributed by atoms with van der Waals surface area (Å²) in [7, 11) is 1.48. The molecule has 0 bridgehead atoms. The Morgan fingerprint density at radius 2 is 2.00 bits per heavy atom. The van der Waals surface area contributed by atoms with E-state index in [4.69, 9.17) is 10.4 Å². The number of likely N-dealkylation sites (N-methyl/N-ethyl adjacent to an activating group) is 1. The van der Waals surface area contributed by atoms with Gasteiger partial charge in [-0.15, -0.1) is 0 Å². The lowest BCUT2D eigenvalue weighted by molar-refractivity contribution is -0.131. The number of benzene rings is 1. The molecule has 5 heteroatoms. The third-order valence-electron chi connectivity index (χ3n) is 2.08. The number of hydrogen-bond donors (Lipinski definition) is 1. The molecule has 0 aromatic heterocycles. The topological polar surface area (TPSA) is 81.4 Å². The number of carbonyl (C=O) groups is 2. The number of anilines is 1. The van der Waals surface area contributed by atoms with Crippen molar-refractivity contribution in [3.05, 3.63) is 42.0 Å². The second-order valence-corrected chi connectivity index (χ2v) is 3.20. The first-order valence-electron chi connectivity index (χ1n) is 4.74. The molecular weight excluding hydrogens is 220 g/mol. The molecule has 1 aromatic carbocycles. The highest BCUT2D eigenvalue weighted by atomic mass is 16.4. The van der Waals surface area contributed by atoms with Crippen LogP contribution in [0.5, 0.6) is 0 Å². The van der Waals surface area contributed by atoms with Crippen molar-refractivity contribution in [2.75, 3.05) is 11.9 Å². The molecule has 17 heavy (non-hydrogen) atoms. The van der Waals surface area contributed by atoms with Gasteiger partial charge in [0, 0.05) is 19.2 Å². The third kappa shape index (κ3) is 3.18. The van der Waals surface area contributed by atoms with Crippen molar-refractivity contribution in [1.82, 2.24) is 0 Å². The lowest BCUT2D eigenvalue weighted by Gasteiger charge is -2.16. The lowest BCUT2D eigenvalue weighted by Crippen LogP contribution is -2.25. The largest absolute Gasteiger partial charge is 0.478 e. The van der Waals surface area contributed by atoms with Crippen LogP contribution >= 0.6 is 0 Å². The minimum absolute atomic E-state index is 0.354. The van der Waals surface area contributed by atoms with E-state index in [1.165, 1.54) is 11.9 Å². The summed E-state index contributed by atoms with van der Waals surface area (Å²) in [5.41, 5.74) is 0.794. The summed E-state index contributed by atoms with van der Waals surface area (Å²) >= 11 is 0. The van der Waals surface area contributed by atoms with Crippen molar-refractivity contribution >= 4 is 17.6 Å². The van der Waals surface area contributed by atoms with Crippen molar-refractivity contribution in [1.29, 1.82) is 5.26 Å². The van der Waals surface area contributed by atoms with Gasteiger partial charge >= 0.3 is 5.97 Å². The first-order valence-corrected chi connectivity index (χ1v) is 4.74. The summed E-state index contributed by atoms with van der Waals surface area (Å²) in [5, 5.41) is 17.3. The highest BCUT2D eigenvalue weighted by Crippen LogP contribution is 2.18. The summed E-state index contributed by atoms with van der Waals surface area (Å²) in [6, 6.07) is 8.54. The van der Waals surface area contributed by atoms with Crippen LogP contribution < -0.4 is 4.90 Å². The monoisotopic (exact) mass is 230 g/mol. The predicted octanol–water partition coefficient (Wildman–Crippen LogP) is 1.16. The highest BCUT2D eigenvalue weighted by Gasteiger charge is 2.11. The molecule has 0 heterocycles. The van der Waals surface area contributed by atoms with Crippen molar-refractivity contribution in [2.24, 2.45) is 0 Å². The first-order chi connectivity index (χ1) is 8.06. The van der Waals surface area contributed by atoms with Gasteiger partial charge in [-0.2, -0.15) is 5.26 Å². The van der Waals surface area contributed by atoms with Crippen molar-refractivity contribution in [3.63, 3.8) is 0 Å². The molecule has 0 spiro atoms. The number of para-hydroxylation sites is 1. The molecular formula is C12H10N2O3. The summed E-state index contributed by atoms with van der Waals surface area (Å²) in [6.45, 7) is 0. The van der Waals surface area contributed by atoms with Gasteiger partial charge in [-0.25, -0.2) is 4.79 Å². The zero-order valence-corrected chi connectivity index (χ0v) is 9.12. The average Bonchev–Trinajstić information content (AvgIpc) is 2.34. The van der Waals surface area contributed by atoms with Gasteiger partial charge in [0.2, 0.25) is 0 Å². The molecule has 1 aromatic rings. The average molecular weight is 230 g/mol. The Morgan fingerprint density at radius 1 is 1.35 bits per heavy atom. The molecule has 0 unspecified atom stereocenters. The van der Waals surface area contributed by atoms with Crippen LogP contribution in [-0.2, 0) is 9.59 Å². The minimum Gasteiger partial charge on any atom is -0.478 e. The van der Waals surface area contributed by atoms with Crippen LogP contribution in [0.1, 0.15) is 5.56 Å². The second-order valence-electron chi connectivity index (χ2n) is 3.20. The number of amides is 1.